The van der Waals surface area contributed by atoms with Crippen LogP contribution in [0.3, 0.4) is 0 Å². The van der Waals surface area contributed by atoms with E-state index in [-0.39, 0.29) is 5.97 Å². The number of nitrogens with zero attached hydrogens (tertiary/aromatic N) is 2. The zero-order chi connectivity index (χ0) is 17.0. The number of carbonyl (C=O) groups excluding carboxylic acids is 1. The summed E-state index contributed by atoms with van der Waals surface area (Å²) >= 11 is 7.72. The lowest BCUT2D eigenvalue weighted by Crippen LogP contribution is -2.06. The number of halogens is 1. The normalized spacial score (nSPS) is 11.0. The molecule has 124 valence electrons. The van der Waals surface area contributed by atoms with Crippen molar-refractivity contribution in [2.75, 3.05) is 7.11 Å². The molecule has 4 nitrogen and oxygen atoms in total. The van der Waals surface area contributed by atoms with Gasteiger partial charge in [-0.3, -0.25) is 4.79 Å². The fraction of sp³-hybridized carbons (Fsp3) is 0.412. The molecule has 2 aromatic rings. The lowest BCUT2D eigenvalue weighted by molar-refractivity contribution is -0.140. The number of ether oxygens (including phenoxy) is 1. The van der Waals surface area contributed by atoms with Crippen LogP contribution in [0.15, 0.2) is 34.2 Å². The molecule has 1 aromatic heterocycles. The third kappa shape index (κ3) is 4.52. The molecule has 0 aliphatic rings. The quantitative estimate of drug-likeness (QED) is 0.720. The average molecular weight is 353 g/mol. The van der Waals surface area contributed by atoms with Crippen LogP contribution in [0.2, 0.25) is 5.02 Å². The Balaban J connectivity index is 2.30. The minimum absolute atomic E-state index is 0.219. The maximum atomic E-state index is 11.4. The standard InChI is InChI=1S/C17H21ClN2O2S/c1-11(2)16-17(23-13-7-5-6-12(18)10-13)20(3)14(19-16)8-9-15(21)22-4/h5-7,10-11H,8-9H2,1-4H3. The number of hydrogen-bond donors (Lipinski definition) is 0. The number of aryl methyl sites for hydroxylation is 1. The van der Waals surface area contributed by atoms with E-state index in [1.54, 1.807) is 11.8 Å². The van der Waals surface area contributed by atoms with Crippen molar-refractivity contribution in [3.63, 3.8) is 0 Å². The van der Waals surface area contributed by atoms with Crippen molar-refractivity contribution in [2.24, 2.45) is 7.05 Å². The zero-order valence-electron chi connectivity index (χ0n) is 13.8. The first-order valence-corrected chi connectivity index (χ1v) is 8.67. The van der Waals surface area contributed by atoms with Gasteiger partial charge in [0, 0.05) is 23.4 Å². The number of benzene rings is 1. The van der Waals surface area contributed by atoms with Crippen LogP contribution in [-0.4, -0.2) is 22.6 Å². The van der Waals surface area contributed by atoms with Crippen molar-refractivity contribution in [1.82, 2.24) is 9.55 Å². The molecule has 0 bridgehead atoms. The smallest absolute Gasteiger partial charge is 0.305 e. The van der Waals surface area contributed by atoms with Crippen molar-refractivity contribution in [3.05, 3.63) is 40.8 Å². The average Bonchev–Trinajstić information content (AvgIpc) is 2.82. The van der Waals surface area contributed by atoms with Gasteiger partial charge in [0.05, 0.1) is 19.2 Å². The van der Waals surface area contributed by atoms with E-state index < -0.39 is 0 Å². The second kappa shape index (κ2) is 7.88. The summed E-state index contributed by atoms with van der Waals surface area (Å²) in [6.07, 6.45) is 0.902. The van der Waals surface area contributed by atoms with E-state index >= 15 is 0 Å². The first-order chi connectivity index (χ1) is 10.9. The highest BCUT2D eigenvalue weighted by Gasteiger charge is 2.19. The second-order valence-electron chi connectivity index (χ2n) is 5.57. The Morgan fingerprint density at radius 2 is 2.17 bits per heavy atom. The van der Waals surface area contributed by atoms with Gasteiger partial charge in [-0.2, -0.15) is 0 Å². The van der Waals surface area contributed by atoms with Crippen LogP contribution < -0.4 is 0 Å². The maximum Gasteiger partial charge on any atom is 0.305 e. The summed E-state index contributed by atoms with van der Waals surface area (Å²) in [5.74, 6) is 0.974. The first-order valence-electron chi connectivity index (χ1n) is 7.48. The molecule has 0 N–H and O–H groups in total. The van der Waals surface area contributed by atoms with Gasteiger partial charge < -0.3 is 9.30 Å². The van der Waals surface area contributed by atoms with Gasteiger partial charge in [-0.1, -0.05) is 43.3 Å². The lowest BCUT2D eigenvalue weighted by Gasteiger charge is -2.09. The SMILES string of the molecule is COC(=O)CCc1nc(C(C)C)c(Sc2cccc(Cl)c2)n1C. The molecule has 0 saturated heterocycles. The van der Waals surface area contributed by atoms with Crippen LogP contribution >= 0.6 is 23.4 Å². The van der Waals surface area contributed by atoms with E-state index in [0.717, 1.165) is 21.4 Å². The third-order valence-corrected chi connectivity index (χ3v) is 4.90. The Hall–Kier alpha value is -1.46. The topological polar surface area (TPSA) is 44.1 Å². The molecule has 0 spiro atoms. The predicted molar refractivity (Wildman–Crippen MR) is 93.2 cm³/mol. The molecule has 0 unspecified atom stereocenters. The third-order valence-electron chi connectivity index (χ3n) is 3.50. The van der Waals surface area contributed by atoms with Crippen molar-refractivity contribution in [2.45, 2.75) is 42.5 Å². The molecule has 2 rings (SSSR count). The number of rotatable bonds is 6. The number of hydrogen-bond acceptors (Lipinski definition) is 4. The summed E-state index contributed by atoms with van der Waals surface area (Å²) in [4.78, 5) is 17.2. The van der Waals surface area contributed by atoms with Gasteiger partial charge >= 0.3 is 5.97 Å². The number of imidazole rings is 1. The minimum Gasteiger partial charge on any atom is -0.469 e. The van der Waals surface area contributed by atoms with E-state index in [1.807, 2.05) is 31.3 Å². The zero-order valence-corrected chi connectivity index (χ0v) is 15.4. The van der Waals surface area contributed by atoms with Crippen LogP contribution in [0.4, 0.5) is 0 Å². The molecule has 0 fully saturated rings. The lowest BCUT2D eigenvalue weighted by atomic mass is 10.1. The second-order valence-corrected chi connectivity index (χ2v) is 7.07. The van der Waals surface area contributed by atoms with E-state index in [1.165, 1.54) is 7.11 Å². The van der Waals surface area contributed by atoms with Crippen molar-refractivity contribution in [1.29, 1.82) is 0 Å². The molecule has 1 heterocycles. The van der Waals surface area contributed by atoms with Gasteiger partial charge in [-0.15, -0.1) is 0 Å². The summed E-state index contributed by atoms with van der Waals surface area (Å²) in [5.41, 5.74) is 1.04. The highest BCUT2D eigenvalue weighted by Crippen LogP contribution is 2.35. The number of methoxy groups -OCH3 is 1. The van der Waals surface area contributed by atoms with E-state index in [2.05, 4.69) is 18.4 Å². The Bertz CT molecular complexity index is 698. The van der Waals surface area contributed by atoms with E-state index in [0.29, 0.717) is 23.8 Å². The fourth-order valence-corrected chi connectivity index (χ4v) is 3.67. The van der Waals surface area contributed by atoms with Gasteiger partial charge in [-0.05, 0) is 24.1 Å². The van der Waals surface area contributed by atoms with Gasteiger partial charge in [-0.25, -0.2) is 4.98 Å². The Kier molecular flexibility index (Phi) is 6.13. The van der Waals surface area contributed by atoms with Crippen LogP contribution in [0.1, 0.15) is 37.7 Å². The number of aromatic nitrogens is 2. The molecule has 6 heteroatoms. The summed E-state index contributed by atoms with van der Waals surface area (Å²) < 4.78 is 6.77. The van der Waals surface area contributed by atoms with Crippen molar-refractivity contribution in [3.8, 4) is 0 Å². The molecule has 0 radical (unpaired) electrons. The van der Waals surface area contributed by atoms with Crippen LogP contribution in [0, 0.1) is 0 Å². The molecular weight excluding hydrogens is 332 g/mol. The molecule has 23 heavy (non-hydrogen) atoms. The Morgan fingerprint density at radius 1 is 1.43 bits per heavy atom. The molecule has 0 amide bonds. The molecule has 0 aliphatic carbocycles. The van der Waals surface area contributed by atoms with Crippen LogP contribution in [0.25, 0.3) is 0 Å². The van der Waals surface area contributed by atoms with E-state index in [4.69, 9.17) is 21.3 Å². The summed E-state index contributed by atoms with van der Waals surface area (Å²) in [6, 6.07) is 7.77. The minimum atomic E-state index is -0.219. The molecule has 1 aromatic carbocycles. The highest BCUT2D eigenvalue weighted by atomic mass is 35.5. The summed E-state index contributed by atoms with van der Waals surface area (Å²) in [7, 11) is 3.39. The predicted octanol–water partition coefficient (Wildman–Crippen LogP) is 4.45. The monoisotopic (exact) mass is 352 g/mol. The van der Waals surface area contributed by atoms with Gasteiger partial charge in [0.15, 0.2) is 0 Å². The van der Waals surface area contributed by atoms with Gasteiger partial charge in [0.1, 0.15) is 10.9 Å². The maximum absolute atomic E-state index is 11.4. The molecule has 0 aliphatic heterocycles. The Morgan fingerprint density at radius 3 is 2.78 bits per heavy atom. The van der Waals surface area contributed by atoms with E-state index in [9.17, 15) is 4.79 Å². The van der Waals surface area contributed by atoms with Crippen molar-refractivity contribution < 1.29 is 9.53 Å². The van der Waals surface area contributed by atoms with Crippen molar-refractivity contribution >= 4 is 29.3 Å². The van der Waals surface area contributed by atoms with Crippen LogP contribution in [0.5, 0.6) is 0 Å². The van der Waals surface area contributed by atoms with Crippen LogP contribution in [-0.2, 0) is 23.0 Å². The Labute approximate surface area is 146 Å². The fourth-order valence-electron chi connectivity index (χ4n) is 2.23. The van der Waals surface area contributed by atoms with Gasteiger partial charge in [0.25, 0.3) is 0 Å². The largest absolute Gasteiger partial charge is 0.469 e. The first kappa shape index (κ1) is 17.9. The molecular formula is C17H21ClN2O2S. The number of carbonyl (C=O) groups is 1. The number of esters is 1. The summed E-state index contributed by atoms with van der Waals surface area (Å²) in [6.45, 7) is 4.24. The molecule has 0 atom stereocenters. The highest BCUT2D eigenvalue weighted by molar-refractivity contribution is 7.99. The van der Waals surface area contributed by atoms with Gasteiger partial charge in [0.2, 0.25) is 0 Å². The molecule has 0 saturated carbocycles. The summed E-state index contributed by atoms with van der Waals surface area (Å²) in [5, 5.41) is 1.80.